The molecule has 0 bridgehead atoms. The molecule has 1 nitrogen and oxygen atoms in total. The van der Waals surface area contributed by atoms with E-state index >= 15 is 0 Å². The van der Waals surface area contributed by atoms with Crippen molar-refractivity contribution in [2.75, 3.05) is 0 Å². The molecule has 1 rings (SSSR count). The van der Waals surface area contributed by atoms with Gasteiger partial charge < -0.3 is 0 Å². The molecule has 0 saturated heterocycles. The summed E-state index contributed by atoms with van der Waals surface area (Å²) in [6.07, 6.45) is 0.486. The summed E-state index contributed by atoms with van der Waals surface area (Å²) in [5.41, 5.74) is 3.55. The maximum Gasteiger partial charge on any atom is 0.0669 e. The average Bonchev–Trinajstić information content (AvgIpc) is 2.01. The number of nitrogens with zero attached hydrogens (tertiary/aromatic N) is 1. The number of nitriles is 1. The number of halogens is 1. The van der Waals surface area contributed by atoms with Gasteiger partial charge in [0.25, 0.3) is 0 Å². The molecule has 0 heterocycles. The minimum absolute atomic E-state index is 0.486. The van der Waals surface area contributed by atoms with Gasteiger partial charge in [0, 0.05) is 4.47 Å². The summed E-state index contributed by atoms with van der Waals surface area (Å²) < 4.78 is 1.09. The van der Waals surface area contributed by atoms with E-state index in [1.54, 1.807) is 0 Å². The summed E-state index contributed by atoms with van der Waals surface area (Å²) >= 11 is 3.46. The number of benzene rings is 1. The van der Waals surface area contributed by atoms with Gasteiger partial charge in [0.2, 0.25) is 0 Å². The van der Waals surface area contributed by atoms with E-state index < -0.39 is 0 Å². The Morgan fingerprint density at radius 3 is 2.58 bits per heavy atom. The first-order valence-electron chi connectivity index (χ1n) is 3.77. The zero-order valence-corrected chi connectivity index (χ0v) is 8.77. The minimum Gasteiger partial charge on any atom is -0.198 e. The summed E-state index contributed by atoms with van der Waals surface area (Å²) in [4.78, 5) is 0. The van der Waals surface area contributed by atoms with Crippen molar-refractivity contribution in [3.05, 3.63) is 33.3 Å². The minimum atomic E-state index is 0.486. The second-order valence-corrected chi connectivity index (χ2v) is 3.71. The van der Waals surface area contributed by atoms with Gasteiger partial charge in [0.15, 0.2) is 0 Å². The van der Waals surface area contributed by atoms with E-state index in [1.807, 2.05) is 6.07 Å². The smallest absolute Gasteiger partial charge is 0.0669 e. The predicted molar refractivity (Wildman–Crippen MR) is 52.9 cm³/mol. The Balaban J connectivity index is 3.14. The zero-order valence-electron chi connectivity index (χ0n) is 7.19. The van der Waals surface area contributed by atoms with Gasteiger partial charge >= 0.3 is 0 Å². The van der Waals surface area contributed by atoms with Crippen LogP contribution in [0.2, 0.25) is 0 Å². The molecule has 0 unspecified atom stereocenters. The molecule has 62 valence electrons. The normalized spacial score (nSPS) is 9.50. The highest BCUT2D eigenvalue weighted by atomic mass is 79.9. The fourth-order valence-corrected chi connectivity index (χ4v) is 1.69. The van der Waals surface area contributed by atoms with E-state index in [2.05, 4.69) is 41.9 Å². The van der Waals surface area contributed by atoms with E-state index in [0.29, 0.717) is 6.42 Å². The van der Waals surface area contributed by atoms with Crippen LogP contribution in [0.15, 0.2) is 16.6 Å². The standard InChI is InChI=1S/C10H10BrN/c1-7-5-9(3-4-12)6-10(11)8(7)2/h5-6H,3H2,1-2H3. The van der Waals surface area contributed by atoms with Gasteiger partial charge in [-0.1, -0.05) is 22.0 Å². The van der Waals surface area contributed by atoms with Gasteiger partial charge in [-0.2, -0.15) is 5.26 Å². The average molecular weight is 224 g/mol. The van der Waals surface area contributed by atoms with Gasteiger partial charge in [-0.25, -0.2) is 0 Å². The Morgan fingerprint density at radius 2 is 2.08 bits per heavy atom. The summed E-state index contributed by atoms with van der Waals surface area (Å²) in [5, 5.41) is 8.51. The maximum absolute atomic E-state index is 8.51. The molecule has 0 aliphatic rings. The van der Waals surface area contributed by atoms with Crippen molar-refractivity contribution < 1.29 is 0 Å². The van der Waals surface area contributed by atoms with Crippen LogP contribution in [0.3, 0.4) is 0 Å². The van der Waals surface area contributed by atoms with Crippen LogP contribution < -0.4 is 0 Å². The Hall–Kier alpha value is -0.810. The van der Waals surface area contributed by atoms with E-state index in [-0.39, 0.29) is 0 Å². The highest BCUT2D eigenvalue weighted by molar-refractivity contribution is 9.10. The van der Waals surface area contributed by atoms with E-state index in [0.717, 1.165) is 10.0 Å². The maximum atomic E-state index is 8.51. The van der Waals surface area contributed by atoms with Gasteiger partial charge in [0.1, 0.15) is 0 Å². The SMILES string of the molecule is Cc1cc(CC#N)cc(Br)c1C. The fourth-order valence-electron chi connectivity index (χ4n) is 1.08. The van der Waals surface area contributed by atoms with Crippen LogP contribution in [0, 0.1) is 25.2 Å². The van der Waals surface area contributed by atoms with Gasteiger partial charge in [-0.15, -0.1) is 0 Å². The monoisotopic (exact) mass is 223 g/mol. The molecular weight excluding hydrogens is 214 g/mol. The first-order valence-corrected chi connectivity index (χ1v) is 4.57. The first-order chi connectivity index (χ1) is 5.65. The highest BCUT2D eigenvalue weighted by Gasteiger charge is 2.00. The fraction of sp³-hybridized carbons (Fsp3) is 0.300. The molecule has 1 aromatic rings. The van der Waals surface area contributed by atoms with Crippen LogP contribution in [0.4, 0.5) is 0 Å². The van der Waals surface area contributed by atoms with Crippen molar-refractivity contribution in [2.24, 2.45) is 0 Å². The van der Waals surface area contributed by atoms with Crippen molar-refractivity contribution >= 4 is 15.9 Å². The number of hydrogen-bond acceptors (Lipinski definition) is 1. The van der Waals surface area contributed by atoms with Gasteiger partial charge in [-0.05, 0) is 36.6 Å². The quantitative estimate of drug-likeness (QED) is 0.718. The Bertz CT molecular complexity index is 313. The van der Waals surface area contributed by atoms with Crippen molar-refractivity contribution in [2.45, 2.75) is 20.3 Å². The van der Waals surface area contributed by atoms with Crippen LogP contribution in [-0.2, 0) is 6.42 Å². The molecule has 0 N–H and O–H groups in total. The molecule has 1 aromatic carbocycles. The van der Waals surface area contributed by atoms with Crippen LogP contribution in [0.5, 0.6) is 0 Å². The molecule has 0 fully saturated rings. The van der Waals surface area contributed by atoms with Crippen LogP contribution >= 0.6 is 15.9 Å². The van der Waals surface area contributed by atoms with Crippen molar-refractivity contribution in [1.82, 2.24) is 0 Å². The molecule has 0 radical (unpaired) electrons. The number of hydrogen-bond donors (Lipinski definition) is 0. The van der Waals surface area contributed by atoms with Crippen molar-refractivity contribution in [3.8, 4) is 6.07 Å². The third-order valence-electron chi connectivity index (χ3n) is 1.95. The lowest BCUT2D eigenvalue weighted by Crippen LogP contribution is -1.88. The molecule has 0 aromatic heterocycles. The lowest BCUT2D eigenvalue weighted by atomic mass is 10.1. The third kappa shape index (κ3) is 1.86. The number of rotatable bonds is 1. The molecule has 0 spiro atoms. The Morgan fingerprint density at radius 1 is 1.42 bits per heavy atom. The second-order valence-electron chi connectivity index (χ2n) is 2.85. The third-order valence-corrected chi connectivity index (χ3v) is 2.77. The summed E-state index contributed by atoms with van der Waals surface area (Å²) in [5.74, 6) is 0. The second kappa shape index (κ2) is 3.73. The molecule has 2 heteroatoms. The highest BCUT2D eigenvalue weighted by Crippen LogP contribution is 2.21. The van der Waals surface area contributed by atoms with E-state index in [9.17, 15) is 0 Å². The largest absolute Gasteiger partial charge is 0.198 e. The van der Waals surface area contributed by atoms with E-state index in [4.69, 9.17) is 5.26 Å². The van der Waals surface area contributed by atoms with Gasteiger partial charge in [-0.3, -0.25) is 0 Å². The van der Waals surface area contributed by atoms with E-state index in [1.165, 1.54) is 11.1 Å². The molecule has 0 atom stereocenters. The molecule has 0 amide bonds. The van der Waals surface area contributed by atoms with Gasteiger partial charge in [0.05, 0.1) is 12.5 Å². The predicted octanol–water partition coefficient (Wildman–Crippen LogP) is 3.13. The van der Waals surface area contributed by atoms with Crippen LogP contribution in [-0.4, -0.2) is 0 Å². The Labute approximate surface area is 81.2 Å². The summed E-state index contributed by atoms with van der Waals surface area (Å²) in [6.45, 7) is 4.12. The molecule has 0 aliphatic heterocycles. The topological polar surface area (TPSA) is 23.8 Å². The van der Waals surface area contributed by atoms with Crippen LogP contribution in [0.25, 0.3) is 0 Å². The number of aryl methyl sites for hydroxylation is 1. The summed E-state index contributed by atoms with van der Waals surface area (Å²) in [6, 6.07) is 6.20. The molecule has 0 aliphatic carbocycles. The molecule has 0 saturated carbocycles. The molecular formula is C10H10BrN. The van der Waals surface area contributed by atoms with Crippen molar-refractivity contribution in [3.63, 3.8) is 0 Å². The first kappa shape index (κ1) is 9.28. The zero-order chi connectivity index (χ0) is 9.14. The van der Waals surface area contributed by atoms with Crippen molar-refractivity contribution in [1.29, 1.82) is 5.26 Å². The lowest BCUT2D eigenvalue weighted by Gasteiger charge is -2.04. The molecule has 12 heavy (non-hydrogen) atoms. The summed E-state index contributed by atoms with van der Waals surface area (Å²) in [7, 11) is 0. The Kier molecular flexibility index (Phi) is 2.88. The lowest BCUT2D eigenvalue weighted by molar-refractivity contribution is 1.21. The van der Waals surface area contributed by atoms with Crippen LogP contribution in [0.1, 0.15) is 16.7 Å².